The summed E-state index contributed by atoms with van der Waals surface area (Å²) in [5.74, 6) is -2.79. The molecule has 0 bridgehead atoms. The van der Waals surface area contributed by atoms with Crippen molar-refractivity contribution in [1.82, 2.24) is 25.1 Å². The second kappa shape index (κ2) is 8.82. The van der Waals surface area contributed by atoms with Crippen molar-refractivity contribution in [2.24, 2.45) is 4.99 Å². The van der Waals surface area contributed by atoms with Gasteiger partial charge in [-0.15, -0.1) is 16.9 Å². The van der Waals surface area contributed by atoms with E-state index < -0.39 is 35.2 Å². The molecule has 3 heterocycles. The standard InChI is InChI=1S/C13H14N6O6S.Na/c1-6(20)25-3-7-4-26-12-9(11(22)19(12)10(7)13(23)24)15-8(21)2-18-5-14-16-17-18;/h5,9,12H,2-4H2,1H3,(H,15,21)(H,23,24);/q;+1/p-1. The minimum absolute atomic E-state index is 0. The van der Waals surface area contributed by atoms with E-state index in [9.17, 15) is 24.6 Å². The fourth-order valence-corrected chi connectivity index (χ4v) is 3.85. The molecule has 1 aromatic heterocycles. The van der Waals surface area contributed by atoms with E-state index in [-0.39, 0.29) is 54.2 Å². The predicted octanol–water partition coefficient (Wildman–Crippen LogP) is -5.38. The Morgan fingerprint density at radius 2 is 2.26 bits per heavy atom. The zero-order chi connectivity index (χ0) is 18.8. The van der Waals surface area contributed by atoms with E-state index in [0.717, 1.165) is 4.90 Å². The molecule has 3 rings (SSSR count). The van der Waals surface area contributed by atoms with Crippen LogP contribution >= 0.6 is 11.8 Å². The molecule has 1 saturated heterocycles. The molecule has 2 atom stereocenters. The minimum atomic E-state index is -1.30. The van der Waals surface area contributed by atoms with E-state index >= 15 is 0 Å². The Labute approximate surface area is 178 Å². The maximum atomic E-state index is 12.3. The van der Waals surface area contributed by atoms with Crippen LogP contribution in [0.5, 0.6) is 0 Å². The number of aliphatic carboxylic acids is 1. The Kier molecular flexibility index (Phi) is 6.97. The zero-order valence-corrected chi connectivity index (χ0v) is 17.2. The molecule has 1 amide bonds. The number of tetrazole rings is 1. The molecule has 0 saturated carbocycles. The number of carboxylic acid groups (broad SMARTS) is 1. The SMILES string of the molecule is CC(=O)OCC1=C(C(=O)O)N2C(=O)C(N=C([O-])Cn3cnnn3)C2SC1.[Na+]. The summed E-state index contributed by atoms with van der Waals surface area (Å²) < 4.78 is 6.01. The van der Waals surface area contributed by atoms with Gasteiger partial charge in [-0.2, -0.15) is 0 Å². The summed E-state index contributed by atoms with van der Waals surface area (Å²) in [4.78, 5) is 39.8. The van der Waals surface area contributed by atoms with Crippen LogP contribution in [0.25, 0.3) is 0 Å². The van der Waals surface area contributed by atoms with E-state index in [1.54, 1.807) is 0 Å². The van der Waals surface area contributed by atoms with Gasteiger partial charge in [-0.3, -0.25) is 19.5 Å². The third kappa shape index (κ3) is 4.48. The number of carboxylic acids is 1. The number of hydrogen-bond donors (Lipinski definition) is 1. The van der Waals surface area contributed by atoms with Gasteiger partial charge in [0.2, 0.25) is 0 Å². The topological polar surface area (TPSA) is 163 Å². The second-order valence-electron chi connectivity index (χ2n) is 5.42. The third-order valence-corrected chi connectivity index (χ3v) is 4.97. The van der Waals surface area contributed by atoms with Gasteiger partial charge in [0.15, 0.2) is 6.04 Å². The molecule has 0 spiro atoms. The van der Waals surface area contributed by atoms with Crippen molar-refractivity contribution in [1.29, 1.82) is 0 Å². The van der Waals surface area contributed by atoms with Gasteiger partial charge in [-0.1, -0.05) is 0 Å². The summed E-state index contributed by atoms with van der Waals surface area (Å²) in [7, 11) is 0. The number of β-lactam (4-membered cyclic amide) rings is 1. The summed E-state index contributed by atoms with van der Waals surface area (Å²) in [6.45, 7) is 0.785. The summed E-state index contributed by atoms with van der Waals surface area (Å²) in [5, 5.41) is 31.1. The molecule has 2 aliphatic heterocycles. The van der Waals surface area contributed by atoms with Crippen molar-refractivity contribution in [3.05, 3.63) is 17.6 Å². The molecule has 138 valence electrons. The number of carbonyl (C=O) groups is 3. The van der Waals surface area contributed by atoms with E-state index in [0.29, 0.717) is 5.57 Å². The molecule has 0 aliphatic carbocycles. The normalized spacial score (nSPS) is 21.9. The number of ether oxygens (including phenoxy) is 1. The van der Waals surface area contributed by atoms with Crippen molar-refractivity contribution in [2.75, 3.05) is 12.4 Å². The van der Waals surface area contributed by atoms with Crippen molar-refractivity contribution < 1.29 is 58.9 Å². The number of hydrogen-bond acceptors (Lipinski definition) is 10. The number of amides is 1. The van der Waals surface area contributed by atoms with Crippen LogP contribution in [0.3, 0.4) is 0 Å². The van der Waals surface area contributed by atoms with E-state index in [1.807, 2.05) is 0 Å². The largest absolute Gasteiger partial charge is 1.00 e. The Morgan fingerprint density at radius 1 is 1.52 bits per heavy atom. The monoisotopic (exact) mass is 404 g/mol. The second-order valence-corrected chi connectivity index (χ2v) is 6.53. The van der Waals surface area contributed by atoms with Gasteiger partial charge in [0.1, 0.15) is 24.0 Å². The summed E-state index contributed by atoms with van der Waals surface area (Å²) in [6.07, 6.45) is 1.24. The zero-order valence-electron chi connectivity index (χ0n) is 14.4. The van der Waals surface area contributed by atoms with Crippen LogP contribution < -0.4 is 34.7 Å². The van der Waals surface area contributed by atoms with Crippen molar-refractivity contribution >= 4 is 35.5 Å². The maximum Gasteiger partial charge on any atom is 1.00 e. The predicted molar refractivity (Wildman–Crippen MR) is 83.4 cm³/mol. The Morgan fingerprint density at radius 3 is 2.85 bits per heavy atom. The Bertz CT molecular complexity index is 812. The number of thioether (sulfide) groups is 1. The van der Waals surface area contributed by atoms with E-state index in [1.165, 1.54) is 29.7 Å². The van der Waals surface area contributed by atoms with Crippen molar-refractivity contribution in [3.63, 3.8) is 0 Å². The fraction of sp³-hybridized carbons (Fsp3) is 0.462. The summed E-state index contributed by atoms with van der Waals surface area (Å²) in [6, 6.07) is -0.964. The number of esters is 1. The molecular weight excluding hydrogens is 391 g/mol. The summed E-state index contributed by atoms with van der Waals surface area (Å²) in [5.41, 5.74) is 0.0974. The quantitative estimate of drug-likeness (QED) is 0.159. The Hall–Kier alpha value is -1.96. The number of fused-ring (bicyclic) bond motifs is 1. The van der Waals surface area contributed by atoms with Gasteiger partial charge in [-0.25, -0.2) is 9.48 Å². The van der Waals surface area contributed by atoms with Crippen molar-refractivity contribution in [3.8, 4) is 0 Å². The van der Waals surface area contributed by atoms with Crippen LogP contribution in [-0.4, -0.2) is 77.7 Å². The smallest absolute Gasteiger partial charge is 0.861 e. The number of nitrogens with zero attached hydrogens (tertiary/aromatic N) is 6. The third-order valence-electron chi connectivity index (χ3n) is 3.64. The van der Waals surface area contributed by atoms with Crippen LogP contribution in [0.15, 0.2) is 22.6 Å². The molecule has 1 N–H and O–H groups in total. The molecule has 1 aromatic rings. The van der Waals surface area contributed by atoms with Gasteiger partial charge in [0.05, 0.1) is 6.54 Å². The first kappa shape index (κ1) is 21.3. The molecule has 2 aliphatic rings. The molecule has 27 heavy (non-hydrogen) atoms. The first-order chi connectivity index (χ1) is 12.4. The number of aliphatic imine (C=N–C) groups is 1. The van der Waals surface area contributed by atoms with Gasteiger partial charge < -0.3 is 14.9 Å². The van der Waals surface area contributed by atoms with Gasteiger partial charge in [0.25, 0.3) is 5.91 Å². The van der Waals surface area contributed by atoms with Crippen LogP contribution in [0.2, 0.25) is 0 Å². The number of rotatable bonds is 6. The molecule has 1 fully saturated rings. The molecular formula is C13H13N6NaO6S. The fourth-order valence-electron chi connectivity index (χ4n) is 2.54. The van der Waals surface area contributed by atoms with Gasteiger partial charge in [-0.05, 0) is 16.3 Å². The van der Waals surface area contributed by atoms with E-state index in [4.69, 9.17) is 4.74 Å². The van der Waals surface area contributed by atoms with Crippen LogP contribution in [0.1, 0.15) is 6.92 Å². The van der Waals surface area contributed by atoms with Crippen LogP contribution in [0.4, 0.5) is 0 Å². The van der Waals surface area contributed by atoms with Gasteiger partial charge >= 0.3 is 41.5 Å². The van der Waals surface area contributed by atoms with Crippen LogP contribution in [0, 0.1) is 0 Å². The van der Waals surface area contributed by atoms with E-state index in [2.05, 4.69) is 20.5 Å². The first-order valence-corrected chi connectivity index (χ1v) is 8.41. The molecule has 0 radical (unpaired) electrons. The average molecular weight is 404 g/mol. The molecule has 0 aromatic carbocycles. The van der Waals surface area contributed by atoms with Crippen LogP contribution in [-0.2, 0) is 25.7 Å². The Balaban J connectivity index is 0.00000261. The molecule has 12 nitrogen and oxygen atoms in total. The number of carbonyl (C=O) groups excluding carboxylic acids is 2. The van der Waals surface area contributed by atoms with Gasteiger partial charge in [0, 0.05) is 18.2 Å². The van der Waals surface area contributed by atoms with Crippen molar-refractivity contribution in [2.45, 2.75) is 24.9 Å². The average Bonchev–Trinajstić information content (AvgIpc) is 3.09. The number of aromatic nitrogens is 4. The minimum Gasteiger partial charge on any atom is -0.861 e. The summed E-state index contributed by atoms with van der Waals surface area (Å²) >= 11 is 1.26. The maximum absolute atomic E-state index is 12.3. The first-order valence-electron chi connectivity index (χ1n) is 7.36. The molecule has 14 heteroatoms. The molecule has 2 unspecified atom stereocenters.